The van der Waals surface area contributed by atoms with Crippen LogP contribution in [-0.2, 0) is 25.6 Å². The zero-order valence-electron chi connectivity index (χ0n) is 27.4. The van der Waals surface area contributed by atoms with E-state index in [0.717, 1.165) is 24.8 Å². The zero-order chi connectivity index (χ0) is 33.4. The van der Waals surface area contributed by atoms with Gasteiger partial charge in [0.25, 0.3) is 0 Å². The van der Waals surface area contributed by atoms with E-state index in [2.05, 4.69) is 29.1 Å². The van der Waals surface area contributed by atoms with Crippen molar-refractivity contribution in [3.8, 4) is 0 Å². The van der Waals surface area contributed by atoms with Crippen LogP contribution in [0.2, 0.25) is 0 Å². The lowest BCUT2D eigenvalue weighted by molar-refractivity contribution is -0.142. The van der Waals surface area contributed by atoms with Gasteiger partial charge in [0.1, 0.15) is 18.1 Å². The molecule has 1 aliphatic carbocycles. The molecular formula is C35H52N4O6. The minimum absolute atomic E-state index is 0.0211. The van der Waals surface area contributed by atoms with Crippen molar-refractivity contribution in [2.24, 2.45) is 23.7 Å². The van der Waals surface area contributed by atoms with E-state index in [9.17, 15) is 29.4 Å². The number of carbonyl (C=O) groups excluding carboxylic acids is 3. The average molecular weight is 625 g/mol. The molecule has 7 atom stereocenters. The second-order valence-corrected chi connectivity index (χ2v) is 13.3. The summed E-state index contributed by atoms with van der Waals surface area (Å²) in [7, 11) is 0. The molecule has 0 aromatic heterocycles. The fourth-order valence-electron chi connectivity index (χ4n) is 6.60. The van der Waals surface area contributed by atoms with Crippen LogP contribution in [0.15, 0.2) is 54.9 Å². The fraction of sp³-hybridized carbons (Fsp3) is 0.600. The number of carbonyl (C=O) groups is 4. The first-order valence-electron chi connectivity index (χ1n) is 16.3. The normalized spacial score (nSPS) is 21.9. The number of rotatable bonds is 17. The van der Waals surface area contributed by atoms with Crippen LogP contribution < -0.4 is 16.0 Å². The van der Waals surface area contributed by atoms with Gasteiger partial charge in [-0.15, -0.1) is 0 Å². The third kappa shape index (κ3) is 8.96. The van der Waals surface area contributed by atoms with Crippen molar-refractivity contribution in [2.75, 3.05) is 6.54 Å². The maximum absolute atomic E-state index is 14.1. The quantitative estimate of drug-likeness (QED) is 0.166. The Balaban J connectivity index is 1.78. The smallest absolute Gasteiger partial charge is 0.326 e. The van der Waals surface area contributed by atoms with Crippen molar-refractivity contribution in [1.29, 1.82) is 0 Å². The van der Waals surface area contributed by atoms with Crippen molar-refractivity contribution in [2.45, 2.75) is 103 Å². The molecule has 2 fully saturated rings. The Hall–Kier alpha value is -3.66. The highest BCUT2D eigenvalue weighted by Gasteiger charge is 2.51. The van der Waals surface area contributed by atoms with E-state index in [1.54, 1.807) is 4.90 Å². The summed E-state index contributed by atoms with van der Waals surface area (Å²) in [5.41, 5.74) is 1.08. The molecule has 248 valence electrons. The summed E-state index contributed by atoms with van der Waals surface area (Å²) in [6.45, 7) is 17.7. The van der Waals surface area contributed by atoms with Gasteiger partial charge in [-0.05, 0) is 48.5 Å². The lowest BCUT2D eigenvalue weighted by Crippen LogP contribution is -2.57. The molecule has 1 aromatic carbocycles. The first-order valence-corrected chi connectivity index (χ1v) is 16.3. The maximum atomic E-state index is 14.1. The van der Waals surface area contributed by atoms with Gasteiger partial charge >= 0.3 is 5.97 Å². The number of likely N-dealkylation sites (tertiary alicyclic amines) is 1. The number of Topliss-reactive ketones (excluding diaryl/α,β-unsaturated/α-hetero) is 1. The Labute approximate surface area is 267 Å². The Kier molecular flexibility index (Phi) is 12.8. The highest BCUT2D eigenvalue weighted by Crippen LogP contribution is 2.42. The van der Waals surface area contributed by atoms with E-state index in [1.807, 2.05) is 65.0 Å². The number of carboxylic acid groups (broad SMARTS) is 1. The minimum Gasteiger partial charge on any atom is -0.480 e. The van der Waals surface area contributed by atoms with Crippen molar-refractivity contribution in [3.63, 3.8) is 0 Å². The molecule has 45 heavy (non-hydrogen) atoms. The van der Waals surface area contributed by atoms with Crippen LogP contribution in [0.5, 0.6) is 0 Å². The average Bonchev–Trinajstić information content (AvgIpc) is 3.60. The van der Waals surface area contributed by atoms with Crippen molar-refractivity contribution < 1.29 is 29.4 Å². The minimum atomic E-state index is -1.12. The highest BCUT2D eigenvalue weighted by molar-refractivity contribution is 6.02. The Bertz CT molecular complexity index is 1230. The largest absolute Gasteiger partial charge is 0.480 e. The van der Waals surface area contributed by atoms with Crippen LogP contribution in [0.4, 0.5) is 0 Å². The van der Waals surface area contributed by atoms with Gasteiger partial charge in [0, 0.05) is 18.7 Å². The summed E-state index contributed by atoms with van der Waals surface area (Å²) >= 11 is 0. The van der Waals surface area contributed by atoms with Crippen LogP contribution in [0.3, 0.4) is 0 Å². The molecule has 5 N–H and O–H groups in total. The molecule has 2 amide bonds. The number of hydrogen-bond acceptors (Lipinski definition) is 7. The molecule has 0 spiro atoms. The molecule has 1 saturated heterocycles. The van der Waals surface area contributed by atoms with Gasteiger partial charge in [-0.25, -0.2) is 4.79 Å². The molecule has 10 heteroatoms. The molecule has 0 radical (unpaired) electrons. The zero-order valence-corrected chi connectivity index (χ0v) is 27.4. The number of aliphatic carboxylic acids is 1. The monoisotopic (exact) mass is 624 g/mol. The highest BCUT2D eigenvalue weighted by atomic mass is 16.4. The fourth-order valence-corrected chi connectivity index (χ4v) is 6.60. The lowest BCUT2D eigenvalue weighted by Gasteiger charge is -2.34. The van der Waals surface area contributed by atoms with Gasteiger partial charge in [0.2, 0.25) is 11.8 Å². The molecule has 10 nitrogen and oxygen atoms in total. The number of nitrogens with one attached hydrogen (secondary N) is 3. The third-order valence-corrected chi connectivity index (χ3v) is 9.14. The van der Waals surface area contributed by atoms with E-state index >= 15 is 0 Å². The van der Waals surface area contributed by atoms with E-state index in [1.165, 1.54) is 0 Å². The van der Waals surface area contributed by atoms with Crippen LogP contribution in [0.1, 0.15) is 72.3 Å². The Morgan fingerprint density at radius 1 is 0.956 bits per heavy atom. The van der Waals surface area contributed by atoms with Crippen LogP contribution in [0, 0.1) is 23.7 Å². The number of nitrogens with zero attached hydrogens (tertiary/aromatic N) is 1. The van der Waals surface area contributed by atoms with Gasteiger partial charge in [0.15, 0.2) is 5.78 Å². The molecule has 3 rings (SSSR count). The topological polar surface area (TPSA) is 148 Å². The van der Waals surface area contributed by atoms with Gasteiger partial charge in [-0.3, -0.25) is 14.4 Å². The molecule has 1 saturated carbocycles. The van der Waals surface area contributed by atoms with E-state index in [-0.39, 0.29) is 47.6 Å². The van der Waals surface area contributed by atoms with Gasteiger partial charge in [-0.1, -0.05) is 91.0 Å². The number of hydrogen-bond donors (Lipinski definition) is 5. The molecule has 3 unspecified atom stereocenters. The summed E-state index contributed by atoms with van der Waals surface area (Å²) in [6, 6.07) is 5.68. The van der Waals surface area contributed by atoms with Crippen LogP contribution >= 0.6 is 0 Å². The van der Waals surface area contributed by atoms with E-state index in [0.29, 0.717) is 25.1 Å². The predicted octanol–water partition coefficient (Wildman–Crippen LogP) is 3.41. The van der Waals surface area contributed by atoms with Gasteiger partial charge in [0.05, 0.1) is 17.8 Å². The molecule has 0 bridgehead atoms. The summed E-state index contributed by atoms with van der Waals surface area (Å²) in [6.07, 6.45) is 2.96. The second-order valence-electron chi connectivity index (χ2n) is 13.3. The Morgan fingerprint density at radius 2 is 1.62 bits per heavy atom. The van der Waals surface area contributed by atoms with E-state index in [4.69, 9.17) is 0 Å². The maximum Gasteiger partial charge on any atom is 0.326 e. The standard InChI is InChI=1S/C35H52N4O6/c1-8-13-27(32(41)23(7)36-28(35(44)45)18-24-14-10-9-11-15-24)38-33(42)30-26-17-12-16-25(26)19-39(30)34(43)29(20(2)3)37-22(6)31(40)21(4)5/h9-11,14-15,20-21,25-31,36-37,40H,6-8,12-13,16-19H2,1-5H3,(H,38,42)(H,44,45)/t25-,26-,27?,28-,29?,30?,31-/m0/s1. The number of fused-ring (bicyclic) bond motifs is 1. The van der Waals surface area contributed by atoms with Crippen molar-refractivity contribution >= 4 is 23.6 Å². The first-order chi connectivity index (χ1) is 21.3. The summed E-state index contributed by atoms with van der Waals surface area (Å²) in [5, 5.41) is 29.2. The number of ketones is 1. The van der Waals surface area contributed by atoms with Crippen molar-refractivity contribution in [1.82, 2.24) is 20.9 Å². The third-order valence-electron chi connectivity index (χ3n) is 9.14. The molecule has 1 aliphatic heterocycles. The van der Waals surface area contributed by atoms with E-state index < -0.39 is 42.0 Å². The molecule has 1 aromatic rings. The SMILES string of the molecule is C=C(N[C@@H](Cc1ccccc1)C(=O)O)C(=O)C(CCC)NC(=O)C1[C@H]2CCC[C@H]2CN1C(=O)C(NC(=C)[C@@H](O)C(C)C)C(C)C. The first kappa shape index (κ1) is 35.8. The van der Waals surface area contributed by atoms with Gasteiger partial charge in [-0.2, -0.15) is 0 Å². The summed E-state index contributed by atoms with van der Waals surface area (Å²) in [5.74, 6) is -2.28. The predicted molar refractivity (Wildman–Crippen MR) is 174 cm³/mol. The summed E-state index contributed by atoms with van der Waals surface area (Å²) < 4.78 is 0. The number of benzene rings is 1. The number of aliphatic hydroxyl groups is 1. The Morgan fingerprint density at radius 3 is 2.20 bits per heavy atom. The summed E-state index contributed by atoms with van der Waals surface area (Å²) in [4.78, 5) is 55.3. The molecule has 1 heterocycles. The molecular weight excluding hydrogens is 572 g/mol. The number of carboxylic acids is 1. The molecule has 2 aliphatic rings. The second kappa shape index (κ2) is 16.1. The van der Waals surface area contributed by atoms with Crippen LogP contribution in [0.25, 0.3) is 0 Å². The van der Waals surface area contributed by atoms with Gasteiger partial charge < -0.3 is 31.1 Å². The van der Waals surface area contributed by atoms with Crippen LogP contribution in [-0.4, -0.2) is 75.5 Å². The number of aliphatic hydroxyl groups excluding tert-OH is 1. The van der Waals surface area contributed by atoms with Crippen molar-refractivity contribution in [3.05, 3.63) is 60.4 Å². The lowest BCUT2D eigenvalue weighted by atomic mass is 9.92. The number of amides is 2.